The molecular formula is C14H23NO3. The molecule has 4 N–H and O–H groups in total. The van der Waals surface area contributed by atoms with Crippen LogP contribution < -0.4 is 5.32 Å². The van der Waals surface area contributed by atoms with E-state index in [0.717, 1.165) is 12.8 Å². The second-order valence-corrected chi connectivity index (χ2v) is 4.97. The lowest BCUT2D eigenvalue weighted by Gasteiger charge is -2.18. The van der Waals surface area contributed by atoms with Gasteiger partial charge in [-0.05, 0) is 25.3 Å². The number of hydrogen-bond acceptors (Lipinski definition) is 4. The Labute approximate surface area is 108 Å². The fourth-order valence-corrected chi connectivity index (χ4v) is 1.89. The molecule has 102 valence electrons. The van der Waals surface area contributed by atoms with Crippen molar-refractivity contribution in [2.24, 2.45) is 5.92 Å². The van der Waals surface area contributed by atoms with Gasteiger partial charge < -0.3 is 20.6 Å². The Morgan fingerprint density at radius 2 is 1.78 bits per heavy atom. The summed E-state index contributed by atoms with van der Waals surface area (Å²) in [6, 6.07) is 3.33. The lowest BCUT2D eigenvalue weighted by Crippen LogP contribution is -2.27. The van der Waals surface area contributed by atoms with E-state index in [4.69, 9.17) is 0 Å². The van der Waals surface area contributed by atoms with Crippen molar-refractivity contribution in [2.45, 2.75) is 46.2 Å². The highest BCUT2D eigenvalue weighted by atomic mass is 16.3. The summed E-state index contributed by atoms with van der Waals surface area (Å²) in [6.45, 7) is 6.95. The second-order valence-electron chi connectivity index (χ2n) is 4.97. The van der Waals surface area contributed by atoms with Crippen LogP contribution in [0, 0.1) is 5.92 Å². The van der Waals surface area contributed by atoms with Crippen LogP contribution in [-0.4, -0.2) is 21.4 Å². The van der Waals surface area contributed by atoms with Gasteiger partial charge in [0.05, 0.1) is 0 Å². The maximum atomic E-state index is 9.67. The summed E-state index contributed by atoms with van der Waals surface area (Å²) in [5, 5.41) is 31.6. The zero-order valence-electron chi connectivity index (χ0n) is 11.3. The minimum Gasteiger partial charge on any atom is -0.504 e. The minimum absolute atomic E-state index is 0.252. The Kier molecular flexibility index (Phi) is 5.28. The quantitative estimate of drug-likeness (QED) is 0.588. The third kappa shape index (κ3) is 3.81. The number of phenolic OH excluding ortho intramolecular Hbond substituents is 3. The van der Waals surface area contributed by atoms with E-state index in [0.29, 0.717) is 24.1 Å². The maximum absolute atomic E-state index is 9.67. The largest absolute Gasteiger partial charge is 0.504 e. The van der Waals surface area contributed by atoms with Crippen LogP contribution in [0.1, 0.15) is 39.2 Å². The fourth-order valence-electron chi connectivity index (χ4n) is 1.89. The highest BCUT2D eigenvalue weighted by Gasteiger charge is 2.12. The van der Waals surface area contributed by atoms with Crippen molar-refractivity contribution in [1.29, 1.82) is 0 Å². The van der Waals surface area contributed by atoms with Gasteiger partial charge in [-0.1, -0.05) is 26.3 Å². The first-order valence-electron chi connectivity index (χ1n) is 6.41. The van der Waals surface area contributed by atoms with Gasteiger partial charge in [-0.15, -0.1) is 0 Å². The Hall–Kier alpha value is -1.42. The highest BCUT2D eigenvalue weighted by molar-refractivity contribution is 5.52. The van der Waals surface area contributed by atoms with E-state index in [1.807, 2.05) is 0 Å². The molecule has 1 aromatic carbocycles. The molecule has 2 unspecified atom stereocenters. The van der Waals surface area contributed by atoms with E-state index in [9.17, 15) is 15.3 Å². The summed E-state index contributed by atoms with van der Waals surface area (Å²) in [4.78, 5) is 0. The molecule has 2 atom stereocenters. The molecule has 0 spiro atoms. The molecule has 0 aliphatic heterocycles. The Morgan fingerprint density at radius 1 is 1.11 bits per heavy atom. The lowest BCUT2D eigenvalue weighted by molar-refractivity contribution is 0.361. The van der Waals surface area contributed by atoms with E-state index in [-0.39, 0.29) is 11.5 Å². The van der Waals surface area contributed by atoms with Crippen LogP contribution in [0.4, 0.5) is 0 Å². The van der Waals surface area contributed by atoms with Gasteiger partial charge in [-0.3, -0.25) is 0 Å². The molecule has 0 aromatic heterocycles. The monoisotopic (exact) mass is 253 g/mol. The average Bonchev–Trinajstić information content (AvgIpc) is 2.35. The standard InChI is InChI=1S/C14H23NO3/c1-4-9(2)7-10(3)15-8-11-5-6-12(16)14(18)13(11)17/h5-6,9-10,15-18H,4,7-8H2,1-3H3. The summed E-state index contributed by atoms with van der Waals surface area (Å²) in [5.41, 5.74) is 0.585. The number of aromatic hydroxyl groups is 3. The molecule has 0 amide bonds. The molecule has 4 nitrogen and oxygen atoms in total. The molecule has 0 heterocycles. The SMILES string of the molecule is CCC(C)CC(C)NCc1ccc(O)c(O)c1O. The summed E-state index contributed by atoms with van der Waals surface area (Å²) < 4.78 is 0. The summed E-state index contributed by atoms with van der Waals surface area (Å²) >= 11 is 0. The van der Waals surface area contributed by atoms with Crippen LogP contribution in [0.5, 0.6) is 17.2 Å². The number of nitrogens with one attached hydrogen (secondary N) is 1. The number of benzene rings is 1. The molecule has 0 aliphatic carbocycles. The lowest BCUT2D eigenvalue weighted by atomic mass is 10.0. The van der Waals surface area contributed by atoms with Crippen molar-refractivity contribution in [3.63, 3.8) is 0 Å². The van der Waals surface area contributed by atoms with Crippen molar-refractivity contribution >= 4 is 0 Å². The van der Waals surface area contributed by atoms with Crippen molar-refractivity contribution in [2.75, 3.05) is 0 Å². The Morgan fingerprint density at radius 3 is 2.39 bits per heavy atom. The van der Waals surface area contributed by atoms with Crippen molar-refractivity contribution in [3.8, 4) is 17.2 Å². The normalized spacial score (nSPS) is 14.4. The molecule has 4 heteroatoms. The molecular weight excluding hydrogens is 230 g/mol. The molecule has 0 fully saturated rings. The fraction of sp³-hybridized carbons (Fsp3) is 0.571. The first-order valence-corrected chi connectivity index (χ1v) is 6.41. The topological polar surface area (TPSA) is 72.7 Å². The van der Waals surface area contributed by atoms with Gasteiger partial charge in [0.2, 0.25) is 5.75 Å². The van der Waals surface area contributed by atoms with Gasteiger partial charge in [0.25, 0.3) is 0 Å². The van der Waals surface area contributed by atoms with Gasteiger partial charge in [0, 0.05) is 18.2 Å². The summed E-state index contributed by atoms with van der Waals surface area (Å²) in [7, 11) is 0. The van der Waals surface area contributed by atoms with Gasteiger partial charge in [0.15, 0.2) is 11.5 Å². The first-order chi connectivity index (χ1) is 8.45. The van der Waals surface area contributed by atoms with Crippen molar-refractivity contribution in [1.82, 2.24) is 5.32 Å². The van der Waals surface area contributed by atoms with Gasteiger partial charge in [-0.2, -0.15) is 0 Å². The van der Waals surface area contributed by atoms with Crippen molar-refractivity contribution in [3.05, 3.63) is 17.7 Å². The van der Waals surface area contributed by atoms with Crippen LogP contribution >= 0.6 is 0 Å². The zero-order chi connectivity index (χ0) is 13.7. The third-order valence-electron chi connectivity index (χ3n) is 3.31. The maximum Gasteiger partial charge on any atom is 0.200 e. The predicted octanol–water partition coefficient (Wildman–Crippen LogP) is 2.72. The smallest absolute Gasteiger partial charge is 0.200 e. The Bertz CT molecular complexity index is 393. The van der Waals surface area contributed by atoms with Crippen LogP contribution in [0.15, 0.2) is 12.1 Å². The molecule has 0 radical (unpaired) electrons. The first kappa shape index (κ1) is 14.6. The molecule has 18 heavy (non-hydrogen) atoms. The van der Waals surface area contributed by atoms with Crippen molar-refractivity contribution < 1.29 is 15.3 Å². The third-order valence-corrected chi connectivity index (χ3v) is 3.31. The Balaban J connectivity index is 2.56. The van der Waals surface area contributed by atoms with E-state index in [1.165, 1.54) is 6.07 Å². The molecule has 1 rings (SSSR count). The summed E-state index contributed by atoms with van der Waals surface area (Å²) in [6.07, 6.45) is 2.22. The molecule has 0 saturated heterocycles. The van der Waals surface area contributed by atoms with Crippen LogP contribution in [-0.2, 0) is 6.54 Å². The zero-order valence-corrected chi connectivity index (χ0v) is 11.3. The molecule has 0 aliphatic rings. The molecule has 0 saturated carbocycles. The molecule has 1 aromatic rings. The second kappa shape index (κ2) is 6.50. The molecule has 0 bridgehead atoms. The van der Waals surface area contributed by atoms with Crippen LogP contribution in [0.2, 0.25) is 0 Å². The highest BCUT2D eigenvalue weighted by Crippen LogP contribution is 2.36. The van der Waals surface area contributed by atoms with E-state index < -0.39 is 5.75 Å². The summed E-state index contributed by atoms with van der Waals surface area (Å²) in [5.74, 6) is -0.347. The van der Waals surface area contributed by atoms with Gasteiger partial charge in [0.1, 0.15) is 0 Å². The van der Waals surface area contributed by atoms with Gasteiger partial charge >= 0.3 is 0 Å². The van der Waals surface area contributed by atoms with E-state index in [1.54, 1.807) is 6.07 Å². The number of hydrogen-bond donors (Lipinski definition) is 4. The average molecular weight is 253 g/mol. The van der Waals surface area contributed by atoms with E-state index >= 15 is 0 Å². The number of rotatable bonds is 6. The van der Waals surface area contributed by atoms with Gasteiger partial charge in [-0.25, -0.2) is 0 Å². The van der Waals surface area contributed by atoms with E-state index in [2.05, 4.69) is 26.1 Å². The van der Waals surface area contributed by atoms with Crippen LogP contribution in [0.3, 0.4) is 0 Å². The number of phenols is 3. The van der Waals surface area contributed by atoms with Crippen LogP contribution in [0.25, 0.3) is 0 Å². The minimum atomic E-state index is -0.455. The predicted molar refractivity (Wildman–Crippen MR) is 71.8 cm³/mol.